The van der Waals surface area contributed by atoms with Crippen molar-refractivity contribution < 1.29 is 15.0 Å². The normalized spacial score (nSPS) is 35.8. The van der Waals surface area contributed by atoms with Crippen molar-refractivity contribution in [1.82, 2.24) is 0 Å². The molecule has 1 unspecified atom stereocenters. The molecule has 0 spiro atoms. The second-order valence-corrected chi connectivity index (χ2v) is 12.0. The third-order valence-corrected chi connectivity index (χ3v) is 10.4. The summed E-state index contributed by atoms with van der Waals surface area (Å²) >= 11 is 0. The lowest BCUT2D eigenvalue weighted by molar-refractivity contribution is -0.117. The number of nitriles is 1. The van der Waals surface area contributed by atoms with Crippen LogP contribution < -0.4 is 0 Å². The molecule has 4 aliphatic carbocycles. The van der Waals surface area contributed by atoms with E-state index in [1.807, 2.05) is 36.4 Å². The molecule has 38 heavy (non-hydrogen) atoms. The Bertz CT molecular complexity index is 1360. The number of allylic oxidation sites excluding steroid dienone is 4. The molecule has 194 valence electrons. The molecule has 0 heterocycles. The second kappa shape index (κ2) is 9.49. The fraction of sp³-hybridized carbons (Fsp3) is 0.412. The second-order valence-electron chi connectivity index (χ2n) is 12.0. The molecule has 0 amide bonds. The van der Waals surface area contributed by atoms with E-state index in [1.165, 1.54) is 5.57 Å². The number of benzene rings is 2. The van der Waals surface area contributed by atoms with Crippen LogP contribution in [-0.4, -0.2) is 28.2 Å². The summed E-state index contributed by atoms with van der Waals surface area (Å²) in [7, 11) is 0. The minimum Gasteiger partial charge on any atom is -0.392 e. The van der Waals surface area contributed by atoms with E-state index in [9.17, 15) is 15.0 Å². The van der Waals surface area contributed by atoms with Crippen LogP contribution in [0.15, 0.2) is 84.5 Å². The van der Waals surface area contributed by atoms with E-state index in [0.717, 1.165) is 48.8 Å². The van der Waals surface area contributed by atoms with Crippen LogP contribution in [0.2, 0.25) is 0 Å². The largest absolute Gasteiger partial charge is 0.392 e. The number of nitrogens with zero attached hydrogens (tertiary/aromatic N) is 1. The zero-order chi connectivity index (χ0) is 26.5. The highest BCUT2D eigenvalue weighted by Gasteiger charge is 2.61. The summed E-state index contributed by atoms with van der Waals surface area (Å²) in [6, 6.07) is 18.1. The maximum absolute atomic E-state index is 13.3. The Balaban J connectivity index is 1.24. The first-order valence-electron chi connectivity index (χ1n) is 13.9. The highest BCUT2D eigenvalue weighted by molar-refractivity contribution is 5.97. The quantitative estimate of drug-likeness (QED) is 0.491. The maximum atomic E-state index is 13.3. The standard InChI is InChI=1S/C34H35NO3/c1-33-16-13-27-28(31(33)14-17-34(33,38)15-2-18-36)12-11-26-19-32(37)30(20-29(26)27)25-9-7-24(8-10-25)23-5-3-22(21-35)4-6-23/h2-12,15,19,27-31,36,38H,13-14,16-18,20H2,1H3/b15-2-/t27-,28+,29-,30?,31-,33-,34-/m0/s1. The molecule has 2 fully saturated rings. The molecule has 0 bridgehead atoms. The average molecular weight is 506 g/mol. The van der Waals surface area contributed by atoms with Gasteiger partial charge in [0.15, 0.2) is 5.78 Å². The molecule has 6 rings (SSSR count). The number of carbonyl (C=O) groups excluding carboxylic acids is 1. The molecule has 2 aromatic rings. The highest BCUT2D eigenvalue weighted by Crippen LogP contribution is 2.64. The SMILES string of the molecule is C[C@]12CC[C@H]3[C@@H](C=CC4=CC(=O)C(c5ccc(-c6ccc(C#N)cc6)cc5)C[C@@H]43)[C@@H]1CC[C@@]2(O)/C=C\CO. The fourth-order valence-electron chi connectivity index (χ4n) is 8.18. The van der Waals surface area contributed by atoms with Crippen molar-refractivity contribution in [2.45, 2.75) is 50.5 Å². The monoisotopic (exact) mass is 505 g/mol. The van der Waals surface area contributed by atoms with Gasteiger partial charge in [0.2, 0.25) is 0 Å². The predicted octanol–water partition coefficient (Wildman–Crippen LogP) is 6.12. The van der Waals surface area contributed by atoms with Gasteiger partial charge in [-0.15, -0.1) is 0 Å². The minimum atomic E-state index is -0.864. The molecule has 0 radical (unpaired) electrons. The number of carbonyl (C=O) groups is 1. The Morgan fingerprint density at radius 1 is 1.05 bits per heavy atom. The summed E-state index contributed by atoms with van der Waals surface area (Å²) < 4.78 is 0. The van der Waals surface area contributed by atoms with Gasteiger partial charge in [-0.2, -0.15) is 5.26 Å². The van der Waals surface area contributed by atoms with Crippen molar-refractivity contribution in [3.05, 3.63) is 95.6 Å². The van der Waals surface area contributed by atoms with Gasteiger partial charge >= 0.3 is 0 Å². The summed E-state index contributed by atoms with van der Waals surface area (Å²) in [4.78, 5) is 13.3. The van der Waals surface area contributed by atoms with Crippen molar-refractivity contribution in [2.24, 2.45) is 29.1 Å². The Kier molecular flexibility index (Phi) is 6.25. The lowest BCUT2D eigenvalue weighted by atomic mass is 9.51. The zero-order valence-electron chi connectivity index (χ0n) is 21.9. The van der Waals surface area contributed by atoms with E-state index in [1.54, 1.807) is 6.08 Å². The molecule has 2 aromatic carbocycles. The summed E-state index contributed by atoms with van der Waals surface area (Å²) in [6.07, 6.45) is 14.5. The molecule has 4 heteroatoms. The smallest absolute Gasteiger partial charge is 0.163 e. The van der Waals surface area contributed by atoms with Crippen LogP contribution in [0.1, 0.15) is 56.1 Å². The van der Waals surface area contributed by atoms with Gasteiger partial charge in [-0.3, -0.25) is 4.79 Å². The summed E-state index contributed by atoms with van der Waals surface area (Å²) in [5, 5.41) is 29.9. The Morgan fingerprint density at radius 3 is 2.45 bits per heavy atom. The number of fused-ring (bicyclic) bond motifs is 5. The maximum Gasteiger partial charge on any atom is 0.163 e. The molecular formula is C34H35NO3. The van der Waals surface area contributed by atoms with Crippen LogP contribution in [0.5, 0.6) is 0 Å². The van der Waals surface area contributed by atoms with Gasteiger partial charge in [-0.05, 0) is 96.2 Å². The molecule has 0 aromatic heterocycles. The van der Waals surface area contributed by atoms with Gasteiger partial charge in [0.05, 0.1) is 23.8 Å². The van der Waals surface area contributed by atoms with E-state index >= 15 is 0 Å². The lowest BCUT2D eigenvalue weighted by Crippen LogP contribution is -2.51. The Hall–Kier alpha value is -3.26. The van der Waals surface area contributed by atoms with E-state index in [2.05, 4.69) is 49.4 Å². The van der Waals surface area contributed by atoms with Gasteiger partial charge < -0.3 is 10.2 Å². The first kappa shape index (κ1) is 25.0. The van der Waals surface area contributed by atoms with Crippen LogP contribution in [0.25, 0.3) is 11.1 Å². The summed E-state index contributed by atoms with van der Waals surface area (Å²) in [5.74, 6) is 1.71. The molecule has 2 saturated carbocycles. The van der Waals surface area contributed by atoms with Crippen molar-refractivity contribution in [1.29, 1.82) is 5.26 Å². The van der Waals surface area contributed by atoms with Crippen molar-refractivity contribution in [3.8, 4) is 17.2 Å². The molecule has 7 atom stereocenters. The predicted molar refractivity (Wildman–Crippen MR) is 148 cm³/mol. The molecular weight excluding hydrogens is 470 g/mol. The Labute approximate surface area is 225 Å². The van der Waals surface area contributed by atoms with Crippen LogP contribution in [0, 0.1) is 40.4 Å². The number of hydrogen-bond acceptors (Lipinski definition) is 4. The number of rotatable bonds is 4. The first-order valence-corrected chi connectivity index (χ1v) is 13.9. The topological polar surface area (TPSA) is 81.3 Å². The van der Waals surface area contributed by atoms with Gasteiger partial charge in [0, 0.05) is 11.3 Å². The zero-order valence-corrected chi connectivity index (χ0v) is 21.9. The van der Waals surface area contributed by atoms with Crippen LogP contribution >= 0.6 is 0 Å². The van der Waals surface area contributed by atoms with Crippen LogP contribution in [0.4, 0.5) is 0 Å². The van der Waals surface area contributed by atoms with E-state index in [4.69, 9.17) is 5.26 Å². The average Bonchev–Trinajstić information content (AvgIpc) is 3.22. The molecule has 2 N–H and O–H groups in total. The molecule has 4 nitrogen and oxygen atoms in total. The van der Waals surface area contributed by atoms with Gasteiger partial charge in [-0.1, -0.05) is 67.6 Å². The van der Waals surface area contributed by atoms with Crippen LogP contribution in [0.3, 0.4) is 0 Å². The highest BCUT2D eigenvalue weighted by atomic mass is 16.3. The lowest BCUT2D eigenvalue weighted by Gasteiger charge is -2.54. The molecule has 0 saturated heterocycles. The third-order valence-electron chi connectivity index (χ3n) is 10.4. The van der Waals surface area contributed by atoms with Gasteiger partial charge in [0.1, 0.15) is 0 Å². The minimum absolute atomic E-state index is 0.0465. The van der Waals surface area contributed by atoms with Crippen molar-refractivity contribution >= 4 is 5.78 Å². The van der Waals surface area contributed by atoms with Gasteiger partial charge in [-0.25, -0.2) is 0 Å². The van der Waals surface area contributed by atoms with E-state index in [-0.39, 0.29) is 23.7 Å². The number of ketones is 1. The van der Waals surface area contributed by atoms with Crippen molar-refractivity contribution in [3.63, 3.8) is 0 Å². The number of hydrogen-bond donors (Lipinski definition) is 2. The van der Waals surface area contributed by atoms with E-state index in [0.29, 0.717) is 29.2 Å². The third kappa shape index (κ3) is 3.92. The van der Waals surface area contributed by atoms with Crippen LogP contribution in [-0.2, 0) is 4.79 Å². The number of aliphatic hydroxyl groups excluding tert-OH is 1. The van der Waals surface area contributed by atoms with Gasteiger partial charge in [0.25, 0.3) is 0 Å². The molecule has 4 aliphatic rings. The summed E-state index contributed by atoms with van der Waals surface area (Å²) in [5.41, 5.74) is 3.97. The summed E-state index contributed by atoms with van der Waals surface area (Å²) in [6.45, 7) is 2.19. The number of aliphatic hydroxyl groups is 2. The Morgan fingerprint density at radius 2 is 1.76 bits per heavy atom. The van der Waals surface area contributed by atoms with E-state index < -0.39 is 5.60 Å². The fourth-order valence-corrected chi connectivity index (χ4v) is 8.18. The molecule has 0 aliphatic heterocycles. The first-order chi connectivity index (χ1) is 18.4. The van der Waals surface area contributed by atoms with Crippen molar-refractivity contribution in [2.75, 3.05) is 6.61 Å².